The molecule has 4 rings (SSSR count). The molecule has 1 heterocycles. The summed E-state index contributed by atoms with van der Waals surface area (Å²) in [4.78, 5) is 17.9. The van der Waals surface area contributed by atoms with Crippen molar-refractivity contribution in [1.82, 2.24) is 9.66 Å². The number of methoxy groups -OCH3 is 2. The van der Waals surface area contributed by atoms with Gasteiger partial charge in [0.15, 0.2) is 5.82 Å². The molecule has 1 aromatic heterocycles. The predicted octanol–water partition coefficient (Wildman–Crippen LogP) is 4.27. The molecule has 0 amide bonds. The zero-order valence-electron chi connectivity index (χ0n) is 17.0. The Morgan fingerprint density at radius 1 is 0.933 bits per heavy atom. The molecule has 0 bridgehead atoms. The van der Waals surface area contributed by atoms with Gasteiger partial charge in [-0.3, -0.25) is 4.79 Å². The summed E-state index contributed by atoms with van der Waals surface area (Å²) in [7, 11) is 3.21. The molecule has 0 aliphatic rings. The van der Waals surface area contributed by atoms with Gasteiger partial charge in [-0.25, -0.2) is 4.98 Å². The first kappa shape index (κ1) is 19.4. The Bertz CT molecular complexity index is 1290. The first-order valence-corrected chi connectivity index (χ1v) is 9.47. The van der Waals surface area contributed by atoms with Crippen molar-refractivity contribution in [3.8, 4) is 22.9 Å². The van der Waals surface area contributed by atoms with Crippen LogP contribution in [-0.4, -0.2) is 30.1 Å². The van der Waals surface area contributed by atoms with E-state index in [1.807, 2.05) is 67.6 Å². The molecule has 0 spiro atoms. The molecule has 0 saturated carbocycles. The van der Waals surface area contributed by atoms with Crippen LogP contribution in [0.1, 0.15) is 11.1 Å². The molecule has 3 aromatic carbocycles. The molecule has 0 unspecified atom stereocenters. The third kappa shape index (κ3) is 3.43. The Morgan fingerprint density at radius 2 is 1.67 bits per heavy atom. The van der Waals surface area contributed by atoms with Gasteiger partial charge in [0.25, 0.3) is 5.56 Å². The molecule has 0 aliphatic carbocycles. The molecule has 6 heteroatoms. The fourth-order valence-electron chi connectivity index (χ4n) is 3.41. The van der Waals surface area contributed by atoms with Crippen LogP contribution in [0.4, 0.5) is 0 Å². The first-order chi connectivity index (χ1) is 14.6. The van der Waals surface area contributed by atoms with Crippen LogP contribution >= 0.6 is 0 Å². The highest BCUT2D eigenvalue weighted by Crippen LogP contribution is 2.30. The standard InChI is InChI=1S/C24H21N3O3/c1-16-21(29-2)14-13-18(22(16)30-3)15-25-27-23(17-9-5-4-6-10-17)26-20-12-8-7-11-19(20)24(27)28/h4-15H,1-3H3. The van der Waals surface area contributed by atoms with Crippen LogP contribution in [0.3, 0.4) is 0 Å². The summed E-state index contributed by atoms with van der Waals surface area (Å²) in [6, 6.07) is 20.5. The number of ether oxygens (including phenoxy) is 2. The maximum atomic E-state index is 13.2. The maximum absolute atomic E-state index is 13.2. The molecular weight excluding hydrogens is 378 g/mol. The zero-order chi connectivity index (χ0) is 21.1. The van der Waals surface area contributed by atoms with Crippen molar-refractivity contribution in [2.45, 2.75) is 6.92 Å². The normalized spacial score (nSPS) is 11.2. The monoisotopic (exact) mass is 399 g/mol. The van der Waals surface area contributed by atoms with Crippen LogP contribution in [-0.2, 0) is 0 Å². The van der Waals surface area contributed by atoms with Gasteiger partial charge in [0.1, 0.15) is 11.5 Å². The molecule has 6 nitrogen and oxygen atoms in total. The van der Waals surface area contributed by atoms with E-state index in [2.05, 4.69) is 5.10 Å². The second-order valence-electron chi connectivity index (χ2n) is 6.70. The van der Waals surface area contributed by atoms with Gasteiger partial charge in [-0.15, -0.1) is 0 Å². The van der Waals surface area contributed by atoms with Gasteiger partial charge in [-0.05, 0) is 31.2 Å². The summed E-state index contributed by atoms with van der Waals surface area (Å²) < 4.78 is 12.2. The topological polar surface area (TPSA) is 65.7 Å². The lowest BCUT2D eigenvalue weighted by Gasteiger charge is -2.13. The highest BCUT2D eigenvalue weighted by Gasteiger charge is 2.13. The van der Waals surface area contributed by atoms with E-state index in [-0.39, 0.29) is 5.56 Å². The number of aromatic nitrogens is 2. The lowest BCUT2D eigenvalue weighted by atomic mass is 10.1. The minimum absolute atomic E-state index is 0.236. The van der Waals surface area contributed by atoms with Crippen LogP contribution in [0.25, 0.3) is 22.3 Å². The van der Waals surface area contributed by atoms with Crippen LogP contribution < -0.4 is 15.0 Å². The van der Waals surface area contributed by atoms with Crippen molar-refractivity contribution in [3.63, 3.8) is 0 Å². The van der Waals surface area contributed by atoms with Crippen molar-refractivity contribution < 1.29 is 9.47 Å². The van der Waals surface area contributed by atoms with Crippen molar-refractivity contribution in [2.75, 3.05) is 14.2 Å². The number of hydrogen-bond donors (Lipinski definition) is 0. The third-order valence-electron chi connectivity index (χ3n) is 4.91. The summed E-state index contributed by atoms with van der Waals surface area (Å²) in [5.74, 6) is 1.83. The number of fused-ring (bicyclic) bond motifs is 1. The average Bonchev–Trinajstić information content (AvgIpc) is 2.79. The van der Waals surface area contributed by atoms with Gasteiger partial charge < -0.3 is 9.47 Å². The molecular formula is C24H21N3O3. The number of nitrogens with zero attached hydrogens (tertiary/aromatic N) is 3. The molecule has 4 aromatic rings. The van der Waals surface area contributed by atoms with Gasteiger partial charge >= 0.3 is 0 Å². The van der Waals surface area contributed by atoms with Crippen LogP contribution in [0.2, 0.25) is 0 Å². The Balaban J connectivity index is 1.92. The van der Waals surface area contributed by atoms with E-state index in [0.717, 1.165) is 22.4 Å². The lowest BCUT2D eigenvalue weighted by Crippen LogP contribution is -2.20. The third-order valence-corrected chi connectivity index (χ3v) is 4.91. The average molecular weight is 399 g/mol. The van der Waals surface area contributed by atoms with Gasteiger partial charge in [0, 0.05) is 16.7 Å². The van der Waals surface area contributed by atoms with Gasteiger partial charge in [0.2, 0.25) is 0 Å². The molecule has 0 atom stereocenters. The van der Waals surface area contributed by atoms with Gasteiger partial charge in [0.05, 0.1) is 31.3 Å². The molecule has 0 N–H and O–H groups in total. The molecule has 0 fully saturated rings. The predicted molar refractivity (Wildman–Crippen MR) is 119 cm³/mol. The van der Waals surface area contributed by atoms with Crippen molar-refractivity contribution >= 4 is 17.1 Å². The van der Waals surface area contributed by atoms with Crippen molar-refractivity contribution in [1.29, 1.82) is 0 Å². The first-order valence-electron chi connectivity index (χ1n) is 9.47. The quantitative estimate of drug-likeness (QED) is 0.470. The summed E-state index contributed by atoms with van der Waals surface area (Å²) in [5.41, 5.74) is 2.78. The van der Waals surface area contributed by atoms with Gasteiger partial charge in [-0.1, -0.05) is 42.5 Å². The molecule has 150 valence electrons. The highest BCUT2D eigenvalue weighted by atomic mass is 16.5. The fraction of sp³-hybridized carbons (Fsp3) is 0.125. The molecule has 0 saturated heterocycles. The zero-order valence-corrected chi connectivity index (χ0v) is 17.0. The minimum Gasteiger partial charge on any atom is -0.496 e. The summed E-state index contributed by atoms with van der Waals surface area (Å²) in [6.07, 6.45) is 1.61. The van der Waals surface area contributed by atoms with E-state index in [1.54, 1.807) is 26.5 Å². The van der Waals surface area contributed by atoms with E-state index in [1.165, 1.54) is 4.68 Å². The second kappa shape index (κ2) is 8.21. The van der Waals surface area contributed by atoms with Crippen molar-refractivity contribution in [3.05, 3.63) is 88.2 Å². The fourth-order valence-corrected chi connectivity index (χ4v) is 3.41. The van der Waals surface area contributed by atoms with Crippen LogP contribution in [0.5, 0.6) is 11.5 Å². The molecule has 0 aliphatic heterocycles. The summed E-state index contributed by atoms with van der Waals surface area (Å²) in [5, 5.41) is 5.01. The summed E-state index contributed by atoms with van der Waals surface area (Å²) in [6.45, 7) is 1.91. The number of para-hydroxylation sites is 1. The number of benzene rings is 3. The van der Waals surface area contributed by atoms with E-state index < -0.39 is 0 Å². The second-order valence-corrected chi connectivity index (χ2v) is 6.70. The lowest BCUT2D eigenvalue weighted by molar-refractivity contribution is 0.388. The van der Waals surface area contributed by atoms with Crippen molar-refractivity contribution in [2.24, 2.45) is 5.10 Å². The largest absolute Gasteiger partial charge is 0.496 e. The minimum atomic E-state index is -0.236. The van der Waals surface area contributed by atoms with E-state index in [0.29, 0.717) is 22.5 Å². The highest BCUT2D eigenvalue weighted by molar-refractivity contribution is 5.85. The van der Waals surface area contributed by atoms with E-state index in [9.17, 15) is 4.79 Å². The number of rotatable bonds is 5. The Hall–Kier alpha value is -3.93. The van der Waals surface area contributed by atoms with E-state index in [4.69, 9.17) is 14.5 Å². The van der Waals surface area contributed by atoms with Crippen LogP contribution in [0, 0.1) is 6.92 Å². The van der Waals surface area contributed by atoms with E-state index >= 15 is 0 Å². The maximum Gasteiger partial charge on any atom is 0.282 e. The van der Waals surface area contributed by atoms with Gasteiger partial charge in [-0.2, -0.15) is 9.78 Å². The smallest absolute Gasteiger partial charge is 0.282 e. The molecule has 30 heavy (non-hydrogen) atoms. The molecule has 0 radical (unpaired) electrons. The Morgan fingerprint density at radius 3 is 2.40 bits per heavy atom. The Labute approximate surface area is 174 Å². The summed E-state index contributed by atoms with van der Waals surface area (Å²) >= 11 is 0. The number of hydrogen-bond acceptors (Lipinski definition) is 5. The Kier molecular flexibility index (Phi) is 5.30. The SMILES string of the molecule is COc1ccc(C=Nn2c(-c3ccccc3)nc3ccccc3c2=O)c(OC)c1C. The van der Waals surface area contributed by atoms with Crippen LogP contribution in [0.15, 0.2) is 76.6 Å².